The van der Waals surface area contributed by atoms with Gasteiger partial charge >= 0.3 is 6.03 Å². The minimum atomic E-state index is -0.613. The molecule has 1 unspecified atom stereocenters. The molecule has 0 radical (unpaired) electrons. The van der Waals surface area contributed by atoms with E-state index >= 15 is 0 Å². The summed E-state index contributed by atoms with van der Waals surface area (Å²) in [6.45, 7) is 6.38. The number of urea groups is 1. The summed E-state index contributed by atoms with van der Waals surface area (Å²) in [5, 5.41) is 15.0. The summed E-state index contributed by atoms with van der Waals surface area (Å²) < 4.78 is 5.60. The Labute approximate surface area is 126 Å². The molecule has 0 heterocycles. The van der Waals surface area contributed by atoms with Crippen molar-refractivity contribution < 1.29 is 14.6 Å². The van der Waals surface area contributed by atoms with Gasteiger partial charge in [-0.25, -0.2) is 4.79 Å². The number of anilines is 1. The highest BCUT2D eigenvalue weighted by Gasteiger charge is 2.24. The Bertz CT molecular complexity index is 451. The first-order valence-corrected chi connectivity index (χ1v) is 7.46. The highest BCUT2D eigenvalue weighted by molar-refractivity contribution is 5.91. The molecular weight excluding hydrogens is 268 g/mol. The topological polar surface area (TPSA) is 70.6 Å². The van der Waals surface area contributed by atoms with Crippen LogP contribution in [0, 0.1) is 0 Å². The first-order valence-electron chi connectivity index (χ1n) is 7.46. The maximum Gasteiger partial charge on any atom is 0.319 e. The monoisotopic (exact) mass is 294 g/mol. The standard InChI is InChI=1S/C16H26N2O3/c1-4-10-16(3,12-19)18-15(20)17-13-8-6-7-9-14(13)21-11-5-2/h6-9,19H,4-5,10-12H2,1-3H3,(H2,17,18,20). The van der Waals surface area contributed by atoms with E-state index in [-0.39, 0.29) is 12.6 Å². The average molecular weight is 294 g/mol. The summed E-state index contributed by atoms with van der Waals surface area (Å²) in [6, 6.07) is 6.98. The number of carbonyl (C=O) groups is 1. The summed E-state index contributed by atoms with van der Waals surface area (Å²) >= 11 is 0. The summed E-state index contributed by atoms with van der Waals surface area (Å²) in [5.41, 5.74) is 0.0122. The molecule has 0 fully saturated rings. The van der Waals surface area contributed by atoms with Gasteiger partial charge in [0.05, 0.1) is 24.4 Å². The van der Waals surface area contributed by atoms with E-state index in [0.29, 0.717) is 24.5 Å². The van der Waals surface area contributed by atoms with E-state index in [2.05, 4.69) is 10.6 Å². The van der Waals surface area contributed by atoms with E-state index in [1.165, 1.54) is 0 Å². The van der Waals surface area contributed by atoms with Gasteiger partial charge in [-0.15, -0.1) is 0 Å². The zero-order valence-electron chi connectivity index (χ0n) is 13.1. The number of rotatable bonds is 8. The average Bonchev–Trinajstić information content (AvgIpc) is 2.46. The quantitative estimate of drug-likeness (QED) is 0.689. The third-order valence-electron chi connectivity index (χ3n) is 3.16. The molecule has 0 saturated carbocycles. The molecule has 0 aliphatic carbocycles. The summed E-state index contributed by atoms with van der Waals surface area (Å²) in [5.74, 6) is 0.649. The summed E-state index contributed by atoms with van der Waals surface area (Å²) in [6.07, 6.45) is 2.50. The van der Waals surface area contributed by atoms with Gasteiger partial charge in [-0.1, -0.05) is 32.4 Å². The number of nitrogens with one attached hydrogen (secondary N) is 2. The molecule has 0 aliphatic heterocycles. The van der Waals surface area contributed by atoms with Crippen LogP contribution in [0.4, 0.5) is 10.5 Å². The molecule has 5 nitrogen and oxygen atoms in total. The van der Waals surface area contributed by atoms with Crippen LogP contribution in [0.3, 0.4) is 0 Å². The Morgan fingerprint density at radius 1 is 1.29 bits per heavy atom. The summed E-state index contributed by atoms with van der Waals surface area (Å²) in [4.78, 5) is 12.1. The van der Waals surface area contributed by atoms with Crippen molar-refractivity contribution in [2.24, 2.45) is 0 Å². The molecule has 0 aromatic heterocycles. The number of para-hydroxylation sites is 2. The molecule has 0 aliphatic rings. The van der Waals surface area contributed by atoms with Crippen LogP contribution in [0.5, 0.6) is 5.75 Å². The van der Waals surface area contributed by atoms with E-state index < -0.39 is 5.54 Å². The molecule has 21 heavy (non-hydrogen) atoms. The number of amides is 2. The van der Waals surface area contributed by atoms with E-state index in [0.717, 1.165) is 12.8 Å². The van der Waals surface area contributed by atoms with Crippen molar-refractivity contribution in [1.82, 2.24) is 5.32 Å². The largest absolute Gasteiger partial charge is 0.491 e. The number of benzene rings is 1. The fourth-order valence-corrected chi connectivity index (χ4v) is 2.07. The molecule has 0 bridgehead atoms. The smallest absolute Gasteiger partial charge is 0.319 e. The molecule has 1 aromatic rings. The Hall–Kier alpha value is -1.75. The molecule has 118 valence electrons. The molecule has 1 aromatic carbocycles. The lowest BCUT2D eigenvalue weighted by Gasteiger charge is -2.28. The third kappa shape index (κ3) is 5.63. The lowest BCUT2D eigenvalue weighted by Crippen LogP contribution is -2.50. The van der Waals surface area contributed by atoms with Gasteiger partial charge in [0, 0.05) is 0 Å². The van der Waals surface area contributed by atoms with E-state index in [1.807, 2.05) is 39.0 Å². The Morgan fingerprint density at radius 2 is 2.00 bits per heavy atom. The van der Waals surface area contributed by atoms with Crippen molar-refractivity contribution in [3.8, 4) is 5.75 Å². The minimum absolute atomic E-state index is 0.0950. The third-order valence-corrected chi connectivity index (χ3v) is 3.16. The predicted octanol–water partition coefficient (Wildman–Crippen LogP) is 3.15. The maximum absolute atomic E-state index is 12.1. The highest BCUT2D eigenvalue weighted by atomic mass is 16.5. The van der Waals surface area contributed by atoms with Gasteiger partial charge in [-0.3, -0.25) is 0 Å². The van der Waals surface area contributed by atoms with E-state index in [4.69, 9.17) is 4.74 Å². The maximum atomic E-state index is 12.1. The normalized spacial score (nSPS) is 13.3. The second kappa shape index (κ2) is 8.52. The van der Waals surface area contributed by atoms with Crippen molar-refractivity contribution in [1.29, 1.82) is 0 Å². The van der Waals surface area contributed by atoms with Crippen molar-refractivity contribution in [2.45, 2.75) is 45.6 Å². The van der Waals surface area contributed by atoms with Crippen LogP contribution in [0.25, 0.3) is 0 Å². The number of hydrogen-bond donors (Lipinski definition) is 3. The SMILES string of the molecule is CCCOc1ccccc1NC(=O)NC(C)(CO)CCC. The van der Waals surface area contributed by atoms with Crippen LogP contribution < -0.4 is 15.4 Å². The molecule has 1 atom stereocenters. The Morgan fingerprint density at radius 3 is 2.62 bits per heavy atom. The zero-order chi connectivity index (χ0) is 15.7. The second-order valence-electron chi connectivity index (χ2n) is 5.39. The zero-order valence-corrected chi connectivity index (χ0v) is 13.1. The molecule has 3 N–H and O–H groups in total. The number of ether oxygens (including phenoxy) is 1. The molecule has 5 heteroatoms. The van der Waals surface area contributed by atoms with Crippen LogP contribution in [-0.2, 0) is 0 Å². The first kappa shape index (κ1) is 17.3. The van der Waals surface area contributed by atoms with Crippen LogP contribution in [0.2, 0.25) is 0 Å². The van der Waals surface area contributed by atoms with Gasteiger partial charge in [-0.2, -0.15) is 0 Å². The van der Waals surface area contributed by atoms with Crippen LogP contribution in [0.1, 0.15) is 40.0 Å². The lowest BCUT2D eigenvalue weighted by molar-refractivity contribution is 0.167. The second-order valence-corrected chi connectivity index (χ2v) is 5.39. The van der Waals surface area contributed by atoms with Crippen LogP contribution in [-0.4, -0.2) is 29.9 Å². The van der Waals surface area contributed by atoms with Gasteiger partial charge in [0.25, 0.3) is 0 Å². The molecular formula is C16H26N2O3. The predicted molar refractivity (Wildman–Crippen MR) is 84.8 cm³/mol. The number of aliphatic hydroxyl groups excluding tert-OH is 1. The number of carbonyl (C=O) groups excluding carboxylic acids is 1. The van der Waals surface area contributed by atoms with Crippen molar-refractivity contribution in [3.63, 3.8) is 0 Å². The molecule has 0 saturated heterocycles. The summed E-state index contributed by atoms with van der Waals surface area (Å²) in [7, 11) is 0. The van der Waals surface area contributed by atoms with Gasteiger partial charge in [0.1, 0.15) is 5.75 Å². The number of hydrogen-bond acceptors (Lipinski definition) is 3. The fraction of sp³-hybridized carbons (Fsp3) is 0.562. The van der Waals surface area contributed by atoms with E-state index in [9.17, 15) is 9.90 Å². The first-order chi connectivity index (χ1) is 10.0. The van der Waals surface area contributed by atoms with Gasteiger partial charge in [-0.05, 0) is 31.9 Å². The van der Waals surface area contributed by atoms with Gasteiger partial charge < -0.3 is 20.5 Å². The number of aliphatic hydroxyl groups is 1. The van der Waals surface area contributed by atoms with Crippen molar-refractivity contribution in [3.05, 3.63) is 24.3 Å². The van der Waals surface area contributed by atoms with Crippen molar-refractivity contribution >= 4 is 11.7 Å². The molecule has 2 amide bonds. The van der Waals surface area contributed by atoms with Gasteiger partial charge in [0.15, 0.2) is 0 Å². The van der Waals surface area contributed by atoms with Crippen LogP contribution >= 0.6 is 0 Å². The lowest BCUT2D eigenvalue weighted by atomic mass is 9.98. The highest BCUT2D eigenvalue weighted by Crippen LogP contribution is 2.24. The minimum Gasteiger partial charge on any atom is -0.491 e. The van der Waals surface area contributed by atoms with Crippen molar-refractivity contribution in [2.75, 3.05) is 18.5 Å². The molecule has 1 rings (SSSR count). The fourth-order valence-electron chi connectivity index (χ4n) is 2.07. The molecule has 0 spiro atoms. The Kier molecular flexibility index (Phi) is 7.02. The van der Waals surface area contributed by atoms with E-state index in [1.54, 1.807) is 6.07 Å². The van der Waals surface area contributed by atoms with Crippen LogP contribution in [0.15, 0.2) is 24.3 Å². The van der Waals surface area contributed by atoms with Gasteiger partial charge in [0.2, 0.25) is 0 Å². The Balaban J connectivity index is 2.70.